The Bertz CT molecular complexity index is 1110. The Morgan fingerprint density at radius 2 is 1.71 bits per heavy atom. The van der Waals surface area contributed by atoms with Gasteiger partial charge in [-0.25, -0.2) is 9.97 Å². The van der Waals surface area contributed by atoms with Gasteiger partial charge in [-0.1, -0.05) is 12.1 Å². The molecule has 178 valence electrons. The largest absolute Gasteiger partial charge is 0.408 e. The minimum absolute atomic E-state index is 0.132. The van der Waals surface area contributed by atoms with Crippen molar-refractivity contribution in [2.45, 2.75) is 19.1 Å². The summed E-state index contributed by atoms with van der Waals surface area (Å²) in [5.41, 5.74) is 3.40. The van der Waals surface area contributed by atoms with Gasteiger partial charge in [0.25, 0.3) is 5.91 Å². The Hall–Kier alpha value is -3.66. The van der Waals surface area contributed by atoms with Crippen molar-refractivity contribution in [1.29, 1.82) is 0 Å². The number of nitrogens with zero attached hydrogens (tertiary/aromatic N) is 3. The van der Waals surface area contributed by atoms with E-state index in [1.807, 2.05) is 29.6 Å². The summed E-state index contributed by atoms with van der Waals surface area (Å²) in [5.74, 6) is -0.389. The second kappa shape index (κ2) is 10.1. The quantitative estimate of drug-likeness (QED) is 0.555. The molecule has 1 atom stereocenters. The van der Waals surface area contributed by atoms with Crippen LogP contribution in [-0.2, 0) is 4.74 Å². The summed E-state index contributed by atoms with van der Waals surface area (Å²) >= 11 is 0. The molecule has 1 aliphatic rings. The lowest BCUT2D eigenvalue weighted by Gasteiger charge is -2.28. The smallest absolute Gasteiger partial charge is 0.378 e. The van der Waals surface area contributed by atoms with Crippen LogP contribution in [0, 0.1) is 0 Å². The first kappa shape index (κ1) is 23.5. The topological polar surface area (TPSA) is 79.4 Å². The van der Waals surface area contributed by atoms with E-state index >= 15 is 0 Å². The number of morpholine rings is 1. The van der Waals surface area contributed by atoms with Gasteiger partial charge in [0.2, 0.25) is 5.95 Å². The van der Waals surface area contributed by atoms with Gasteiger partial charge in [-0.3, -0.25) is 4.79 Å². The number of ether oxygens (including phenoxy) is 1. The van der Waals surface area contributed by atoms with Crippen LogP contribution >= 0.6 is 0 Å². The van der Waals surface area contributed by atoms with Crippen LogP contribution in [0.5, 0.6) is 0 Å². The summed E-state index contributed by atoms with van der Waals surface area (Å²) in [5, 5.41) is 5.12. The zero-order valence-electron chi connectivity index (χ0n) is 18.5. The number of hydrogen-bond acceptors (Lipinski definition) is 6. The summed E-state index contributed by atoms with van der Waals surface area (Å²) in [6.45, 7) is 4.06. The maximum Gasteiger partial charge on any atom is 0.408 e. The first-order chi connectivity index (χ1) is 16.3. The average molecular weight is 471 g/mol. The normalized spacial score (nSPS) is 15.0. The molecular formula is C24H24F3N5O2. The third-order valence-electron chi connectivity index (χ3n) is 5.44. The van der Waals surface area contributed by atoms with Crippen LogP contribution < -0.4 is 15.5 Å². The number of halogens is 3. The van der Waals surface area contributed by atoms with E-state index < -0.39 is 18.1 Å². The van der Waals surface area contributed by atoms with E-state index in [1.54, 1.807) is 24.4 Å². The molecule has 0 radical (unpaired) electrons. The summed E-state index contributed by atoms with van der Waals surface area (Å²) < 4.78 is 43.4. The fourth-order valence-corrected chi connectivity index (χ4v) is 3.44. The standard InChI is InChI=1S/C24H24F3N5O2/c1-16(24(25,26)27)29-22(33)18-4-2-17(3-5-18)21-10-11-28-23(31-21)30-19-6-8-20(9-7-19)32-12-14-34-15-13-32/h2-11,16H,12-15H2,1H3,(H,29,33)(H,28,30,31). The Morgan fingerprint density at radius 1 is 1.03 bits per heavy atom. The second-order valence-electron chi connectivity index (χ2n) is 7.85. The van der Waals surface area contributed by atoms with Gasteiger partial charge in [0.05, 0.1) is 18.9 Å². The SMILES string of the molecule is CC(NC(=O)c1ccc(-c2ccnc(Nc3ccc(N4CCOCC4)cc3)n2)cc1)C(F)(F)F. The molecule has 1 fully saturated rings. The lowest BCUT2D eigenvalue weighted by atomic mass is 10.1. The van der Waals surface area contributed by atoms with Gasteiger partial charge in [-0.15, -0.1) is 0 Å². The molecular weight excluding hydrogens is 447 g/mol. The number of amides is 1. The highest BCUT2D eigenvalue weighted by Crippen LogP contribution is 2.23. The average Bonchev–Trinajstić information content (AvgIpc) is 2.85. The molecule has 2 N–H and O–H groups in total. The maximum absolute atomic E-state index is 12.7. The van der Waals surface area contributed by atoms with Gasteiger partial charge < -0.3 is 20.3 Å². The molecule has 1 aliphatic heterocycles. The molecule has 10 heteroatoms. The van der Waals surface area contributed by atoms with E-state index in [-0.39, 0.29) is 5.56 Å². The Kier molecular flexibility index (Phi) is 6.97. The molecule has 2 aromatic carbocycles. The highest BCUT2D eigenvalue weighted by Gasteiger charge is 2.37. The molecule has 1 aromatic heterocycles. The zero-order chi connectivity index (χ0) is 24.1. The van der Waals surface area contributed by atoms with Crippen molar-refractivity contribution in [3.8, 4) is 11.3 Å². The van der Waals surface area contributed by atoms with Crippen molar-refractivity contribution < 1.29 is 22.7 Å². The summed E-state index contributed by atoms with van der Waals surface area (Å²) in [4.78, 5) is 23.1. The number of nitrogens with one attached hydrogen (secondary N) is 2. The monoisotopic (exact) mass is 471 g/mol. The molecule has 1 saturated heterocycles. The lowest BCUT2D eigenvalue weighted by Crippen LogP contribution is -2.43. The predicted octanol–water partition coefficient (Wildman–Crippen LogP) is 4.40. The highest BCUT2D eigenvalue weighted by molar-refractivity contribution is 5.94. The molecule has 7 nitrogen and oxygen atoms in total. The molecule has 0 spiro atoms. The fraction of sp³-hybridized carbons (Fsp3) is 0.292. The highest BCUT2D eigenvalue weighted by atomic mass is 19.4. The van der Waals surface area contributed by atoms with Gasteiger partial charge in [0.15, 0.2) is 0 Å². The summed E-state index contributed by atoms with van der Waals surface area (Å²) in [6.07, 6.45) is -2.89. The molecule has 4 rings (SSSR count). The van der Waals surface area contributed by atoms with E-state index in [4.69, 9.17) is 4.74 Å². The van der Waals surface area contributed by atoms with Crippen molar-refractivity contribution in [2.75, 3.05) is 36.5 Å². The van der Waals surface area contributed by atoms with E-state index in [0.29, 0.717) is 17.2 Å². The second-order valence-corrected chi connectivity index (χ2v) is 7.85. The first-order valence-electron chi connectivity index (χ1n) is 10.8. The minimum Gasteiger partial charge on any atom is -0.378 e. The minimum atomic E-state index is -4.50. The number of rotatable bonds is 6. The predicted molar refractivity (Wildman–Crippen MR) is 123 cm³/mol. The number of carbonyl (C=O) groups is 1. The molecule has 0 bridgehead atoms. The molecule has 2 heterocycles. The number of benzene rings is 2. The van der Waals surface area contributed by atoms with Gasteiger partial charge >= 0.3 is 6.18 Å². The van der Waals surface area contributed by atoms with Crippen molar-refractivity contribution in [3.05, 3.63) is 66.4 Å². The number of anilines is 3. The van der Waals surface area contributed by atoms with Crippen LogP contribution in [0.2, 0.25) is 0 Å². The van der Waals surface area contributed by atoms with Crippen LogP contribution in [0.3, 0.4) is 0 Å². The van der Waals surface area contributed by atoms with Gasteiger partial charge in [0.1, 0.15) is 6.04 Å². The number of hydrogen-bond donors (Lipinski definition) is 2. The van der Waals surface area contributed by atoms with E-state index in [2.05, 4.69) is 20.2 Å². The Morgan fingerprint density at radius 3 is 2.35 bits per heavy atom. The third-order valence-corrected chi connectivity index (χ3v) is 5.44. The molecule has 34 heavy (non-hydrogen) atoms. The van der Waals surface area contributed by atoms with Crippen LogP contribution in [-0.4, -0.2) is 54.4 Å². The maximum atomic E-state index is 12.7. The van der Waals surface area contributed by atoms with Gasteiger partial charge in [-0.2, -0.15) is 13.2 Å². The third kappa shape index (κ3) is 5.82. The zero-order valence-corrected chi connectivity index (χ0v) is 18.5. The van der Waals surface area contributed by atoms with Crippen molar-refractivity contribution >= 4 is 23.2 Å². The molecule has 0 saturated carbocycles. The number of carbonyl (C=O) groups excluding carboxylic acids is 1. The van der Waals surface area contributed by atoms with Crippen LogP contribution in [0.1, 0.15) is 17.3 Å². The van der Waals surface area contributed by atoms with Crippen LogP contribution in [0.4, 0.5) is 30.5 Å². The summed E-state index contributed by atoms with van der Waals surface area (Å²) in [6, 6.07) is 14.0. The molecule has 3 aromatic rings. The van der Waals surface area contributed by atoms with Gasteiger partial charge in [0, 0.05) is 41.8 Å². The molecule has 0 aliphatic carbocycles. The summed E-state index contributed by atoms with van der Waals surface area (Å²) in [7, 11) is 0. The van der Waals surface area contributed by atoms with Crippen molar-refractivity contribution in [2.24, 2.45) is 0 Å². The number of alkyl halides is 3. The first-order valence-corrected chi connectivity index (χ1v) is 10.8. The van der Waals surface area contributed by atoms with Crippen LogP contribution in [0.25, 0.3) is 11.3 Å². The molecule has 1 unspecified atom stereocenters. The fourth-order valence-electron chi connectivity index (χ4n) is 3.44. The Balaban J connectivity index is 1.41. The lowest BCUT2D eigenvalue weighted by molar-refractivity contribution is -0.149. The van der Waals surface area contributed by atoms with Crippen molar-refractivity contribution in [3.63, 3.8) is 0 Å². The van der Waals surface area contributed by atoms with E-state index in [0.717, 1.165) is 44.6 Å². The molecule has 1 amide bonds. The van der Waals surface area contributed by atoms with E-state index in [1.165, 1.54) is 12.1 Å². The van der Waals surface area contributed by atoms with Crippen molar-refractivity contribution in [1.82, 2.24) is 15.3 Å². The Labute approximate surface area is 195 Å². The number of aromatic nitrogens is 2. The van der Waals surface area contributed by atoms with Gasteiger partial charge in [-0.05, 0) is 49.4 Å². The van der Waals surface area contributed by atoms with E-state index in [9.17, 15) is 18.0 Å². The van der Waals surface area contributed by atoms with Crippen LogP contribution in [0.15, 0.2) is 60.8 Å².